The van der Waals surface area contributed by atoms with Crippen molar-refractivity contribution >= 4 is 27.7 Å². The largest absolute Gasteiger partial charge is 0.379 e. The molecular weight excluding hydrogens is 310 g/mol. The highest BCUT2D eigenvalue weighted by molar-refractivity contribution is 9.10. The molecule has 1 N–H and O–H groups in total. The summed E-state index contributed by atoms with van der Waals surface area (Å²) >= 11 is 5.48. The molecule has 1 saturated heterocycles. The molecule has 1 aliphatic rings. The van der Waals surface area contributed by atoms with Crippen LogP contribution in [0.3, 0.4) is 0 Å². The van der Waals surface area contributed by atoms with Gasteiger partial charge in [-0.1, -0.05) is 22.0 Å². The Morgan fingerprint density at radius 2 is 2.11 bits per heavy atom. The van der Waals surface area contributed by atoms with Crippen LogP contribution in [0.4, 0.5) is 0 Å². The summed E-state index contributed by atoms with van der Waals surface area (Å²) in [6, 6.07) is 6.52. The van der Waals surface area contributed by atoms with Crippen LogP contribution in [0.25, 0.3) is 0 Å². The van der Waals surface area contributed by atoms with Crippen molar-refractivity contribution in [1.29, 1.82) is 0 Å². The monoisotopic (exact) mass is 329 g/mol. The maximum absolute atomic E-state index is 5.24. The van der Waals surface area contributed by atoms with Gasteiger partial charge in [0.1, 0.15) is 0 Å². The summed E-state index contributed by atoms with van der Waals surface area (Å²) in [6.45, 7) is 9.24. The fraction of sp³-hybridized carbons (Fsp3) is 0.571. The van der Waals surface area contributed by atoms with Crippen LogP contribution in [-0.2, 0) is 11.3 Å². The number of ether oxygens (including phenoxy) is 1. The molecule has 1 fully saturated rings. The summed E-state index contributed by atoms with van der Waals surface area (Å²) in [5.41, 5.74) is 1.51. The Balaban J connectivity index is 2.07. The van der Waals surface area contributed by atoms with Gasteiger partial charge in [0.25, 0.3) is 0 Å². The zero-order valence-corrected chi connectivity index (χ0v) is 13.5. The number of hydrogen-bond donors (Lipinski definition) is 1. The summed E-state index contributed by atoms with van der Waals surface area (Å²) in [5, 5.41) is 4.17. The molecule has 1 aromatic rings. The average molecular weight is 330 g/mol. The molecule has 0 saturated carbocycles. The number of hydrogen-bond acceptors (Lipinski definition) is 3. The van der Waals surface area contributed by atoms with E-state index in [1.165, 1.54) is 10.5 Å². The molecule has 1 aromatic carbocycles. The zero-order chi connectivity index (χ0) is 13.2. The van der Waals surface area contributed by atoms with Crippen LogP contribution in [0.1, 0.15) is 26.3 Å². The highest BCUT2D eigenvalue weighted by Crippen LogP contribution is 2.32. The third-order valence-corrected chi connectivity index (χ3v) is 4.47. The minimum atomic E-state index is 0.147. The van der Waals surface area contributed by atoms with Gasteiger partial charge in [-0.25, -0.2) is 0 Å². The topological polar surface area (TPSA) is 21.3 Å². The van der Waals surface area contributed by atoms with Crippen molar-refractivity contribution in [2.75, 3.05) is 13.2 Å². The van der Waals surface area contributed by atoms with Crippen LogP contribution in [-0.4, -0.2) is 24.0 Å². The Kier molecular flexibility index (Phi) is 4.75. The number of rotatable bonds is 4. The van der Waals surface area contributed by atoms with Gasteiger partial charge in [-0.2, -0.15) is 0 Å². The van der Waals surface area contributed by atoms with Crippen molar-refractivity contribution in [2.24, 2.45) is 0 Å². The van der Waals surface area contributed by atoms with E-state index in [0.29, 0.717) is 5.25 Å². The zero-order valence-electron chi connectivity index (χ0n) is 11.1. The summed E-state index contributed by atoms with van der Waals surface area (Å²) in [6.07, 6.45) is 0. The molecule has 0 aromatic heterocycles. The molecule has 0 atom stereocenters. The van der Waals surface area contributed by atoms with Gasteiger partial charge in [0, 0.05) is 21.5 Å². The molecule has 0 spiro atoms. The van der Waals surface area contributed by atoms with Gasteiger partial charge in [0.15, 0.2) is 0 Å². The fourth-order valence-corrected chi connectivity index (χ4v) is 3.29. The number of halogens is 1. The highest BCUT2D eigenvalue weighted by atomic mass is 79.9. The minimum absolute atomic E-state index is 0.147. The van der Waals surface area contributed by atoms with Gasteiger partial charge in [-0.15, -0.1) is 11.8 Å². The van der Waals surface area contributed by atoms with E-state index in [2.05, 4.69) is 60.2 Å². The third kappa shape index (κ3) is 4.26. The summed E-state index contributed by atoms with van der Waals surface area (Å²) < 4.78 is 6.39. The fourth-order valence-electron chi connectivity index (χ4n) is 1.61. The summed E-state index contributed by atoms with van der Waals surface area (Å²) in [4.78, 5) is 1.36. The molecule has 2 nitrogen and oxygen atoms in total. The molecule has 0 radical (unpaired) electrons. The van der Waals surface area contributed by atoms with Crippen LogP contribution in [0.15, 0.2) is 27.6 Å². The molecular formula is C14H20BrNOS. The smallest absolute Gasteiger partial charge is 0.0611 e. The summed E-state index contributed by atoms with van der Waals surface area (Å²) in [7, 11) is 0. The van der Waals surface area contributed by atoms with Crippen LogP contribution in [0.5, 0.6) is 0 Å². The summed E-state index contributed by atoms with van der Waals surface area (Å²) in [5.74, 6) is 0. The molecule has 0 bridgehead atoms. The quantitative estimate of drug-likeness (QED) is 0.907. The van der Waals surface area contributed by atoms with Crippen molar-refractivity contribution in [3.05, 3.63) is 28.2 Å². The maximum atomic E-state index is 5.24. The second-order valence-corrected chi connectivity index (χ2v) is 7.89. The predicted molar refractivity (Wildman–Crippen MR) is 81.2 cm³/mol. The highest BCUT2D eigenvalue weighted by Gasteiger charge is 2.21. The van der Waals surface area contributed by atoms with Crippen LogP contribution < -0.4 is 5.32 Å². The molecule has 1 aliphatic heterocycles. The van der Waals surface area contributed by atoms with Crippen molar-refractivity contribution in [1.82, 2.24) is 5.32 Å². The maximum Gasteiger partial charge on any atom is 0.0611 e. The van der Waals surface area contributed by atoms with Crippen molar-refractivity contribution < 1.29 is 4.74 Å². The Labute approximate surface area is 122 Å². The van der Waals surface area contributed by atoms with Crippen LogP contribution in [0, 0.1) is 0 Å². The first kappa shape index (κ1) is 14.4. The number of benzene rings is 1. The van der Waals surface area contributed by atoms with E-state index in [4.69, 9.17) is 4.74 Å². The molecule has 100 valence electrons. The lowest BCUT2D eigenvalue weighted by atomic mass is 10.1. The van der Waals surface area contributed by atoms with E-state index in [9.17, 15) is 0 Å². The van der Waals surface area contributed by atoms with Gasteiger partial charge in [0.2, 0.25) is 0 Å². The molecule has 18 heavy (non-hydrogen) atoms. The van der Waals surface area contributed by atoms with Gasteiger partial charge >= 0.3 is 0 Å². The van der Waals surface area contributed by atoms with Crippen molar-refractivity contribution in [3.8, 4) is 0 Å². The second kappa shape index (κ2) is 5.95. The Bertz CT molecular complexity index is 413. The first-order valence-electron chi connectivity index (χ1n) is 6.22. The standard InChI is InChI=1S/C14H20BrNOS/c1-14(2,3)16-7-10-4-5-11(15)6-13(10)18-12-8-17-9-12/h4-6,12,16H,7-9H2,1-3H3. The van der Waals surface area contributed by atoms with Gasteiger partial charge in [-0.3, -0.25) is 0 Å². The first-order chi connectivity index (χ1) is 8.44. The van der Waals surface area contributed by atoms with E-state index in [0.717, 1.165) is 24.2 Å². The van der Waals surface area contributed by atoms with Crippen molar-refractivity contribution in [3.63, 3.8) is 0 Å². The Morgan fingerprint density at radius 1 is 1.39 bits per heavy atom. The third-order valence-electron chi connectivity index (χ3n) is 2.74. The Hall–Kier alpha value is -0.0300. The lowest BCUT2D eigenvalue weighted by Gasteiger charge is -2.27. The lowest BCUT2D eigenvalue weighted by Crippen LogP contribution is -2.35. The van der Waals surface area contributed by atoms with E-state index in [1.807, 2.05) is 11.8 Å². The number of thioether (sulfide) groups is 1. The molecule has 0 amide bonds. The van der Waals surface area contributed by atoms with E-state index < -0.39 is 0 Å². The first-order valence-corrected chi connectivity index (χ1v) is 7.89. The van der Waals surface area contributed by atoms with Gasteiger partial charge < -0.3 is 10.1 Å². The lowest BCUT2D eigenvalue weighted by molar-refractivity contribution is 0.0455. The van der Waals surface area contributed by atoms with Crippen LogP contribution >= 0.6 is 27.7 Å². The second-order valence-electron chi connectivity index (χ2n) is 5.63. The number of nitrogens with one attached hydrogen (secondary N) is 1. The van der Waals surface area contributed by atoms with E-state index in [1.54, 1.807) is 0 Å². The Morgan fingerprint density at radius 3 is 2.67 bits per heavy atom. The van der Waals surface area contributed by atoms with Crippen molar-refractivity contribution in [2.45, 2.75) is 43.0 Å². The molecule has 1 heterocycles. The average Bonchev–Trinajstić information content (AvgIpc) is 2.21. The molecule has 4 heteroatoms. The SMILES string of the molecule is CC(C)(C)NCc1ccc(Br)cc1SC1COC1. The minimum Gasteiger partial charge on any atom is -0.379 e. The normalized spacial score (nSPS) is 16.7. The molecule has 0 aliphatic carbocycles. The molecule has 2 rings (SSSR count). The van der Waals surface area contributed by atoms with Gasteiger partial charge in [-0.05, 0) is 38.5 Å². The van der Waals surface area contributed by atoms with E-state index >= 15 is 0 Å². The molecule has 0 unspecified atom stereocenters. The van der Waals surface area contributed by atoms with E-state index in [-0.39, 0.29) is 5.54 Å². The van der Waals surface area contributed by atoms with Crippen LogP contribution in [0.2, 0.25) is 0 Å². The van der Waals surface area contributed by atoms with Gasteiger partial charge in [0.05, 0.1) is 18.5 Å². The predicted octanol–water partition coefficient (Wildman–Crippen LogP) is 3.83.